The zero-order valence-corrected chi connectivity index (χ0v) is 13.3. The van der Waals surface area contributed by atoms with Gasteiger partial charge in [-0.15, -0.1) is 0 Å². The quantitative estimate of drug-likeness (QED) is 0.620. The Morgan fingerprint density at radius 2 is 1.90 bits per heavy atom. The first kappa shape index (κ1) is 14.4. The van der Waals surface area contributed by atoms with Crippen molar-refractivity contribution in [3.05, 3.63) is 40.6 Å². The second-order valence-electron chi connectivity index (χ2n) is 4.61. The van der Waals surface area contributed by atoms with Crippen molar-refractivity contribution in [2.75, 3.05) is 0 Å². The Bertz CT molecular complexity index is 736. The molecule has 21 heavy (non-hydrogen) atoms. The summed E-state index contributed by atoms with van der Waals surface area (Å²) < 4.78 is 29.0. The number of hydrogen-bond acceptors (Lipinski definition) is 3. The van der Waals surface area contributed by atoms with Crippen LogP contribution in [0.2, 0.25) is 9.86 Å². The van der Waals surface area contributed by atoms with E-state index in [1.807, 2.05) is 6.07 Å². The van der Waals surface area contributed by atoms with Crippen molar-refractivity contribution in [3.8, 4) is 17.3 Å². The Morgan fingerprint density at radius 1 is 1.24 bits per heavy atom. The van der Waals surface area contributed by atoms with E-state index in [-0.39, 0.29) is 37.7 Å². The molecule has 3 nitrogen and oxygen atoms in total. The number of hydrogen-bond donors (Lipinski definition) is 0. The van der Waals surface area contributed by atoms with E-state index in [9.17, 15) is 14.0 Å². The summed E-state index contributed by atoms with van der Waals surface area (Å²) in [5, 5.41) is 9.13. The third-order valence-electron chi connectivity index (χ3n) is 3.01. The number of benzene rings is 1. The molecule has 1 heterocycles. The van der Waals surface area contributed by atoms with Gasteiger partial charge < -0.3 is 0 Å². The predicted molar refractivity (Wildman–Crippen MR) is 75.5 cm³/mol. The molecule has 1 aliphatic carbocycles. The number of aromatic nitrogens is 2. The van der Waals surface area contributed by atoms with E-state index in [0.717, 1.165) is 25.0 Å². The van der Waals surface area contributed by atoms with Crippen LogP contribution in [0.1, 0.15) is 18.4 Å². The molecule has 1 aromatic heterocycles. The summed E-state index contributed by atoms with van der Waals surface area (Å²) in [6, 6.07) is 5.35. The first-order chi connectivity index (χ1) is 10.1. The minimum absolute atomic E-state index is 0.0453. The van der Waals surface area contributed by atoms with Gasteiger partial charge in [0.1, 0.15) is 0 Å². The number of nitrogens with zero attached hydrogens (tertiary/aromatic N) is 3. The molecule has 105 valence electrons. The van der Waals surface area contributed by atoms with Crippen LogP contribution in [0.15, 0.2) is 18.2 Å². The maximum absolute atomic E-state index is 13.9. The molecule has 1 fully saturated rings. The molecule has 0 atom stereocenters. The van der Waals surface area contributed by atoms with Crippen LogP contribution < -0.4 is 4.61 Å². The van der Waals surface area contributed by atoms with Crippen LogP contribution in [0.5, 0.6) is 0 Å². The van der Waals surface area contributed by atoms with Gasteiger partial charge in [-0.1, -0.05) is 0 Å². The molecule has 0 N–H and O–H groups in total. The molecule has 1 radical (unpaired) electrons. The third-order valence-corrected chi connectivity index (χ3v) is 6.04. The molecule has 1 saturated carbocycles. The molecular weight excluding hydrogens is 359 g/mol. The van der Waals surface area contributed by atoms with Crippen molar-refractivity contribution in [1.82, 2.24) is 9.97 Å². The van der Waals surface area contributed by atoms with Gasteiger partial charge >= 0.3 is 131 Å². The van der Waals surface area contributed by atoms with Gasteiger partial charge in [0.2, 0.25) is 0 Å². The maximum atomic E-state index is 13.9. The zero-order valence-electron chi connectivity index (χ0n) is 10.6. The monoisotopic (exact) mass is 366 g/mol. The summed E-state index contributed by atoms with van der Waals surface area (Å²) in [5.41, 5.74) is -0.475. The fourth-order valence-electron chi connectivity index (χ4n) is 1.85. The summed E-state index contributed by atoms with van der Waals surface area (Å²) in [7, 11) is 0. The van der Waals surface area contributed by atoms with Gasteiger partial charge in [0.05, 0.1) is 0 Å². The molecule has 0 saturated heterocycles. The van der Waals surface area contributed by atoms with Crippen molar-refractivity contribution in [3.63, 3.8) is 0 Å². The SMILES string of the molecule is N#Cc1c(Cl)nc([As]C2CC2)nc1-c1c(F)cccc1F. The first-order valence-corrected chi connectivity index (χ1v) is 8.63. The van der Waals surface area contributed by atoms with Crippen LogP contribution in [0.4, 0.5) is 8.78 Å². The molecule has 0 unspecified atom stereocenters. The van der Waals surface area contributed by atoms with Crippen LogP contribution in [0.25, 0.3) is 11.3 Å². The standard InChI is InChI=1S/C14H8AsClF2N3/c16-13-8(6-19)12(11-9(17)2-1-3-10(11)18)20-14(21-13)15-7-4-5-7/h1-3,7H,4-5H2. The van der Waals surface area contributed by atoms with E-state index in [1.165, 1.54) is 6.07 Å². The second kappa shape index (κ2) is 5.71. The average molecular weight is 367 g/mol. The normalized spacial score (nSPS) is 14.6. The topological polar surface area (TPSA) is 49.6 Å². The van der Waals surface area contributed by atoms with Gasteiger partial charge in [-0.05, 0) is 0 Å². The summed E-state index contributed by atoms with van der Waals surface area (Å²) in [5.74, 6) is -1.54. The van der Waals surface area contributed by atoms with E-state index < -0.39 is 11.6 Å². The van der Waals surface area contributed by atoms with E-state index >= 15 is 0 Å². The van der Waals surface area contributed by atoms with E-state index in [2.05, 4.69) is 9.97 Å². The van der Waals surface area contributed by atoms with Crippen molar-refractivity contribution in [2.24, 2.45) is 0 Å². The van der Waals surface area contributed by atoms with Crippen molar-refractivity contribution in [2.45, 2.75) is 17.5 Å². The molecule has 7 heteroatoms. The Labute approximate surface area is 131 Å². The first-order valence-electron chi connectivity index (χ1n) is 6.23. The summed E-state index contributed by atoms with van der Waals surface area (Å²) >= 11 is 5.70. The number of rotatable bonds is 3. The fourth-order valence-corrected chi connectivity index (χ4v) is 4.39. The van der Waals surface area contributed by atoms with E-state index in [1.54, 1.807) is 0 Å². The molecule has 0 bridgehead atoms. The number of nitriles is 1. The zero-order chi connectivity index (χ0) is 15.0. The summed E-state index contributed by atoms with van der Waals surface area (Å²) in [6.07, 6.45) is 2.26. The minimum atomic E-state index is -0.769. The summed E-state index contributed by atoms with van der Waals surface area (Å²) in [4.78, 5) is 8.32. The van der Waals surface area contributed by atoms with Crippen LogP contribution >= 0.6 is 11.6 Å². The Kier molecular flexibility index (Phi) is 3.92. The molecule has 0 aliphatic heterocycles. The van der Waals surface area contributed by atoms with Crippen molar-refractivity contribution < 1.29 is 8.78 Å². The van der Waals surface area contributed by atoms with Gasteiger partial charge in [0.25, 0.3) is 0 Å². The van der Waals surface area contributed by atoms with Gasteiger partial charge in [-0.2, -0.15) is 0 Å². The molecule has 1 aliphatic rings. The molecule has 2 aromatic rings. The van der Waals surface area contributed by atoms with Crippen LogP contribution in [-0.2, 0) is 0 Å². The van der Waals surface area contributed by atoms with Gasteiger partial charge in [-0.25, -0.2) is 0 Å². The second-order valence-corrected chi connectivity index (χ2v) is 7.88. The molecular formula is C14H8AsClF2N3. The van der Waals surface area contributed by atoms with Crippen LogP contribution in [0.3, 0.4) is 0 Å². The Balaban J connectivity index is 2.19. The van der Waals surface area contributed by atoms with E-state index in [0.29, 0.717) is 9.32 Å². The molecule has 0 amide bonds. The number of halogens is 3. The van der Waals surface area contributed by atoms with Crippen molar-refractivity contribution >= 4 is 32.0 Å². The molecule has 1 aromatic carbocycles. The third kappa shape index (κ3) is 2.92. The van der Waals surface area contributed by atoms with Crippen molar-refractivity contribution in [1.29, 1.82) is 5.26 Å². The Morgan fingerprint density at radius 3 is 2.48 bits per heavy atom. The average Bonchev–Trinajstić information content (AvgIpc) is 3.22. The summed E-state index contributed by atoms with van der Waals surface area (Å²) in [6.45, 7) is 0. The predicted octanol–water partition coefficient (Wildman–Crippen LogP) is 2.86. The van der Waals surface area contributed by atoms with Gasteiger partial charge in [-0.3, -0.25) is 0 Å². The van der Waals surface area contributed by atoms with Gasteiger partial charge in [0, 0.05) is 0 Å². The molecule has 0 spiro atoms. The molecule has 3 rings (SSSR count). The Hall–Kier alpha value is -1.50. The fraction of sp³-hybridized carbons (Fsp3) is 0.214. The van der Waals surface area contributed by atoms with E-state index in [4.69, 9.17) is 11.6 Å². The van der Waals surface area contributed by atoms with Crippen LogP contribution in [0, 0.1) is 23.0 Å². The van der Waals surface area contributed by atoms with Gasteiger partial charge in [0.15, 0.2) is 0 Å². The van der Waals surface area contributed by atoms with Crippen LogP contribution in [-0.4, -0.2) is 25.7 Å².